The second kappa shape index (κ2) is 2.47. The summed E-state index contributed by atoms with van der Waals surface area (Å²) in [5.41, 5.74) is 0. The molecular formula is C10H16O3. The van der Waals surface area contributed by atoms with Gasteiger partial charge in [-0.15, -0.1) is 0 Å². The molecular weight excluding hydrogens is 168 g/mol. The van der Waals surface area contributed by atoms with E-state index in [4.69, 9.17) is 14.2 Å². The predicted molar refractivity (Wildman–Crippen MR) is 46.1 cm³/mol. The molecule has 74 valence electrons. The molecule has 2 heterocycles. The summed E-state index contributed by atoms with van der Waals surface area (Å²) in [6.07, 6.45) is 6.13. The van der Waals surface area contributed by atoms with Crippen LogP contribution in [0.3, 0.4) is 0 Å². The van der Waals surface area contributed by atoms with Crippen molar-refractivity contribution in [2.24, 2.45) is 0 Å². The Bertz CT molecular complexity index is 224. The van der Waals surface area contributed by atoms with Gasteiger partial charge in [-0.05, 0) is 12.8 Å². The van der Waals surface area contributed by atoms with Crippen LogP contribution in [0.1, 0.15) is 39.0 Å². The summed E-state index contributed by atoms with van der Waals surface area (Å²) in [5, 5.41) is 0. The predicted octanol–water partition coefficient (Wildman–Crippen LogP) is 1.81. The average Bonchev–Trinajstić information content (AvgIpc) is 2.98. The van der Waals surface area contributed by atoms with Crippen molar-refractivity contribution in [1.29, 1.82) is 0 Å². The fourth-order valence-electron chi connectivity index (χ4n) is 2.41. The van der Waals surface area contributed by atoms with Crippen molar-refractivity contribution in [1.82, 2.24) is 0 Å². The Hall–Kier alpha value is -0.120. The molecule has 1 aliphatic carbocycles. The van der Waals surface area contributed by atoms with Gasteiger partial charge in [0, 0.05) is 6.42 Å². The third kappa shape index (κ3) is 0.953. The molecule has 13 heavy (non-hydrogen) atoms. The third-order valence-corrected chi connectivity index (χ3v) is 3.31. The standard InChI is InChI=1S/C10H16O3/c1-2-3-4-7-11-9-6-5-8-10(9,12-8)13-9/h8H,2-7H2,1H3. The van der Waals surface area contributed by atoms with E-state index in [1.807, 2.05) is 0 Å². The summed E-state index contributed by atoms with van der Waals surface area (Å²) < 4.78 is 16.7. The van der Waals surface area contributed by atoms with Crippen molar-refractivity contribution in [3.63, 3.8) is 0 Å². The highest BCUT2D eigenvalue weighted by molar-refractivity contribution is 5.23. The zero-order valence-corrected chi connectivity index (χ0v) is 8.04. The number of epoxide rings is 2. The van der Waals surface area contributed by atoms with Gasteiger partial charge in [-0.2, -0.15) is 0 Å². The van der Waals surface area contributed by atoms with Crippen LogP contribution in [0.2, 0.25) is 0 Å². The molecule has 1 spiro atoms. The Morgan fingerprint density at radius 3 is 2.92 bits per heavy atom. The van der Waals surface area contributed by atoms with Crippen LogP contribution in [-0.2, 0) is 14.2 Å². The Balaban J connectivity index is 1.47. The maximum Gasteiger partial charge on any atom is 0.254 e. The first-order valence-corrected chi connectivity index (χ1v) is 5.35. The molecule has 0 radical (unpaired) electrons. The van der Waals surface area contributed by atoms with Crippen molar-refractivity contribution in [2.75, 3.05) is 6.61 Å². The van der Waals surface area contributed by atoms with Gasteiger partial charge in [0.15, 0.2) is 0 Å². The fraction of sp³-hybridized carbons (Fsp3) is 1.00. The zero-order valence-electron chi connectivity index (χ0n) is 8.04. The highest BCUT2D eigenvalue weighted by Gasteiger charge is 2.91. The zero-order chi connectivity index (χ0) is 8.94. The molecule has 0 N–H and O–H groups in total. The van der Waals surface area contributed by atoms with Crippen LogP contribution in [0.5, 0.6) is 0 Å². The van der Waals surface area contributed by atoms with Crippen molar-refractivity contribution in [2.45, 2.75) is 56.7 Å². The summed E-state index contributed by atoms with van der Waals surface area (Å²) in [7, 11) is 0. The van der Waals surface area contributed by atoms with Gasteiger partial charge in [-0.3, -0.25) is 0 Å². The Morgan fingerprint density at radius 1 is 1.46 bits per heavy atom. The molecule has 0 bridgehead atoms. The molecule has 2 saturated heterocycles. The van der Waals surface area contributed by atoms with E-state index in [9.17, 15) is 0 Å². The minimum Gasteiger partial charge on any atom is -0.345 e. The van der Waals surface area contributed by atoms with Crippen molar-refractivity contribution in [3.8, 4) is 0 Å². The van der Waals surface area contributed by atoms with E-state index in [0.29, 0.717) is 6.10 Å². The van der Waals surface area contributed by atoms with Gasteiger partial charge in [-0.1, -0.05) is 19.8 Å². The molecule has 0 aromatic rings. The topological polar surface area (TPSA) is 34.3 Å². The Morgan fingerprint density at radius 2 is 2.38 bits per heavy atom. The molecule has 3 rings (SSSR count). The maximum absolute atomic E-state index is 5.76. The lowest BCUT2D eigenvalue weighted by Crippen LogP contribution is -2.18. The van der Waals surface area contributed by atoms with Gasteiger partial charge in [-0.25, -0.2) is 0 Å². The quantitative estimate of drug-likeness (QED) is 0.482. The lowest BCUT2D eigenvalue weighted by atomic mass is 10.2. The van der Waals surface area contributed by atoms with Gasteiger partial charge in [0.1, 0.15) is 6.10 Å². The van der Waals surface area contributed by atoms with Gasteiger partial charge in [0.05, 0.1) is 6.61 Å². The monoisotopic (exact) mass is 184 g/mol. The van der Waals surface area contributed by atoms with Gasteiger partial charge in [0.25, 0.3) is 5.79 Å². The highest BCUT2D eigenvalue weighted by atomic mass is 17.0. The maximum atomic E-state index is 5.76. The lowest BCUT2D eigenvalue weighted by molar-refractivity contribution is -0.0527. The molecule has 3 atom stereocenters. The van der Waals surface area contributed by atoms with Crippen LogP contribution in [0.4, 0.5) is 0 Å². The lowest BCUT2D eigenvalue weighted by Gasteiger charge is -2.09. The first-order valence-electron chi connectivity index (χ1n) is 5.35. The minimum absolute atomic E-state index is 0.251. The molecule has 0 aromatic carbocycles. The number of ether oxygens (including phenoxy) is 3. The van der Waals surface area contributed by atoms with Gasteiger partial charge in [0.2, 0.25) is 5.79 Å². The van der Waals surface area contributed by atoms with Crippen LogP contribution in [0.15, 0.2) is 0 Å². The molecule has 2 aliphatic heterocycles. The van der Waals surface area contributed by atoms with Crippen LogP contribution >= 0.6 is 0 Å². The smallest absolute Gasteiger partial charge is 0.254 e. The molecule has 3 heteroatoms. The van der Waals surface area contributed by atoms with E-state index in [1.54, 1.807) is 0 Å². The normalized spacial score (nSPS) is 50.1. The molecule has 3 nitrogen and oxygen atoms in total. The first kappa shape index (κ1) is 8.21. The first-order chi connectivity index (χ1) is 6.33. The van der Waals surface area contributed by atoms with E-state index in [2.05, 4.69) is 6.92 Å². The van der Waals surface area contributed by atoms with Gasteiger partial charge < -0.3 is 14.2 Å². The van der Waals surface area contributed by atoms with Crippen LogP contribution in [-0.4, -0.2) is 24.3 Å². The van der Waals surface area contributed by atoms with E-state index in [0.717, 1.165) is 25.9 Å². The van der Waals surface area contributed by atoms with Crippen LogP contribution in [0, 0.1) is 0 Å². The Kier molecular flexibility index (Phi) is 1.56. The summed E-state index contributed by atoms with van der Waals surface area (Å²) in [5.74, 6) is -0.551. The number of unbranched alkanes of at least 4 members (excludes halogenated alkanes) is 2. The minimum atomic E-state index is -0.300. The summed E-state index contributed by atoms with van der Waals surface area (Å²) in [4.78, 5) is 0. The molecule has 3 aliphatic rings. The molecule has 3 unspecified atom stereocenters. The van der Waals surface area contributed by atoms with E-state index >= 15 is 0 Å². The average molecular weight is 184 g/mol. The van der Waals surface area contributed by atoms with Crippen molar-refractivity contribution in [3.05, 3.63) is 0 Å². The summed E-state index contributed by atoms with van der Waals surface area (Å²) in [6.45, 7) is 3.02. The van der Waals surface area contributed by atoms with Crippen molar-refractivity contribution < 1.29 is 14.2 Å². The number of hydrogen-bond acceptors (Lipinski definition) is 3. The Labute approximate surface area is 78.3 Å². The highest BCUT2D eigenvalue weighted by Crippen LogP contribution is 2.71. The van der Waals surface area contributed by atoms with E-state index in [1.165, 1.54) is 12.8 Å². The molecule has 3 fully saturated rings. The number of rotatable bonds is 5. The van der Waals surface area contributed by atoms with Crippen LogP contribution in [0.25, 0.3) is 0 Å². The van der Waals surface area contributed by atoms with Crippen LogP contribution < -0.4 is 0 Å². The van der Waals surface area contributed by atoms with Gasteiger partial charge >= 0.3 is 0 Å². The second-order valence-corrected chi connectivity index (χ2v) is 4.22. The summed E-state index contributed by atoms with van der Waals surface area (Å²) in [6, 6.07) is 0. The number of hydrogen-bond donors (Lipinski definition) is 0. The van der Waals surface area contributed by atoms with E-state index < -0.39 is 0 Å². The van der Waals surface area contributed by atoms with Crippen molar-refractivity contribution >= 4 is 0 Å². The second-order valence-electron chi connectivity index (χ2n) is 4.22. The summed E-state index contributed by atoms with van der Waals surface area (Å²) >= 11 is 0. The SMILES string of the molecule is CCCCCOC12CCC3OC31O2. The fourth-order valence-corrected chi connectivity index (χ4v) is 2.41. The largest absolute Gasteiger partial charge is 0.345 e. The molecule has 1 saturated carbocycles. The van der Waals surface area contributed by atoms with E-state index in [-0.39, 0.29) is 11.6 Å². The molecule has 0 aromatic heterocycles. The molecule has 0 amide bonds. The third-order valence-electron chi connectivity index (χ3n) is 3.31.